The molecule has 1 aliphatic rings. The monoisotopic (exact) mass is 219 g/mol. The van der Waals surface area contributed by atoms with E-state index < -0.39 is 0 Å². The number of nitrogens with zero attached hydrogens (tertiary/aromatic N) is 1. The van der Waals surface area contributed by atoms with Crippen LogP contribution in [-0.4, -0.2) is 23.8 Å². The van der Waals surface area contributed by atoms with Gasteiger partial charge in [-0.2, -0.15) is 0 Å². The summed E-state index contributed by atoms with van der Waals surface area (Å²) in [4.78, 5) is 23.6. The van der Waals surface area contributed by atoms with E-state index in [0.29, 0.717) is 18.5 Å². The smallest absolute Gasteiger partial charge is 0.260 e. The Labute approximate surface area is 96.1 Å². The Morgan fingerprint density at radius 2 is 1.94 bits per heavy atom. The Morgan fingerprint density at radius 1 is 1.25 bits per heavy atom. The fourth-order valence-corrected chi connectivity index (χ4v) is 1.74. The molecule has 0 fully saturated rings. The third-order valence-corrected chi connectivity index (χ3v) is 2.48. The summed E-state index contributed by atoms with van der Waals surface area (Å²) in [5.41, 5.74) is 1.71. The van der Waals surface area contributed by atoms with Crippen LogP contribution in [0.2, 0.25) is 0 Å². The van der Waals surface area contributed by atoms with Gasteiger partial charge >= 0.3 is 0 Å². The van der Waals surface area contributed by atoms with Gasteiger partial charge in [0.05, 0.1) is 0 Å². The standard InChI is InChI=1S/C11H11NO2.C2H6/c13-8-12-7-3-5-9-4-1-2-6-10(9)11(12)14;1-2/h1-2,4,6,8H,3,5,7H2;1-2H3. The van der Waals surface area contributed by atoms with Crippen LogP contribution in [0.25, 0.3) is 0 Å². The van der Waals surface area contributed by atoms with Gasteiger partial charge in [0, 0.05) is 12.1 Å². The maximum absolute atomic E-state index is 11.8. The number of carbonyl (C=O) groups excluding carboxylic acids is 2. The van der Waals surface area contributed by atoms with Crippen LogP contribution in [-0.2, 0) is 11.2 Å². The minimum Gasteiger partial charge on any atom is -0.281 e. The van der Waals surface area contributed by atoms with Gasteiger partial charge in [0.2, 0.25) is 6.41 Å². The highest BCUT2D eigenvalue weighted by Crippen LogP contribution is 2.17. The lowest BCUT2D eigenvalue weighted by Gasteiger charge is -2.11. The molecule has 0 spiro atoms. The van der Waals surface area contributed by atoms with E-state index in [-0.39, 0.29) is 5.91 Å². The summed E-state index contributed by atoms with van der Waals surface area (Å²) in [6.45, 7) is 4.52. The van der Waals surface area contributed by atoms with Gasteiger partial charge in [-0.1, -0.05) is 32.0 Å². The molecule has 1 aromatic carbocycles. The zero-order valence-electron chi connectivity index (χ0n) is 9.77. The summed E-state index contributed by atoms with van der Waals surface area (Å²) >= 11 is 0. The Morgan fingerprint density at radius 3 is 2.62 bits per heavy atom. The van der Waals surface area contributed by atoms with Crippen LogP contribution in [0.3, 0.4) is 0 Å². The SMILES string of the molecule is CC.O=CN1CCCc2ccccc2C1=O. The maximum atomic E-state index is 11.8. The van der Waals surface area contributed by atoms with Crippen molar-refractivity contribution in [2.24, 2.45) is 0 Å². The minimum atomic E-state index is -0.173. The number of fused-ring (bicyclic) bond motifs is 1. The number of rotatable bonds is 1. The minimum absolute atomic E-state index is 0.173. The molecule has 1 aromatic rings. The van der Waals surface area contributed by atoms with Gasteiger partial charge in [0.25, 0.3) is 5.91 Å². The lowest BCUT2D eigenvalue weighted by atomic mass is 10.0. The molecule has 2 amide bonds. The van der Waals surface area contributed by atoms with Crippen molar-refractivity contribution in [1.29, 1.82) is 0 Å². The highest BCUT2D eigenvalue weighted by atomic mass is 16.2. The molecule has 0 bridgehead atoms. The lowest BCUT2D eigenvalue weighted by molar-refractivity contribution is -0.115. The topological polar surface area (TPSA) is 37.4 Å². The second-order valence-electron chi connectivity index (χ2n) is 3.36. The van der Waals surface area contributed by atoms with Gasteiger partial charge in [0.15, 0.2) is 0 Å². The van der Waals surface area contributed by atoms with Crippen molar-refractivity contribution in [1.82, 2.24) is 4.90 Å². The van der Waals surface area contributed by atoms with Crippen LogP contribution in [0.15, 0.2) is 24.3 Å². The highest BCUT2D eigenvalue weighted by Gasteiger charge is 2.20. The van der Waals surface area contributed by atoms with Crippen molar-refractivity contribution in [3.05, 3.63) is 35.4 Å². The van der Waals surface area contributed by atoms with Crippen LogP contribution < -0.4 is 0 Å². The molecule has 86 valence electrons. The number of hydrogen-bond acceptors (Lipinski definition) is 2. The first-order valence-corrected chi connectivity index (χ1v) is 5.67. The molecule has 1 heterocycles. The fourth-order valence-electron chi connectivity index (χ4n) is 1.74. The molecule has 0 radical (unpaired) electrons. The Hall–Kier alpha value is -1.64. The van der Waals surface area contributed by atoms with Gasteiger partial charge < -0.3 is 0 Å². The van der Waals surface area contributed by atoms with Crippen LogP contribution >= 0.6 is 0 Å². The average molecular weight is 219 g/mol. The van der Waals surface area contributed by atoms with Gasteiger partial charge in [-0.25, -0.2) is 0 Å². The number of aryl methyl sites for hydroxylation is 1. The number of benzene rings is 1. The normalized spacial score (nSPS) is 14.4. The van der Waals surface area contributed by atoms with Gasteiger partial charge in [0.1, 0.15) is 0 Å². The molecule has 1 aliphatic heterocycles. The fraction of sp³-hybridized carbons (Fsp3) is 0.385. The van der Waals surface area contributed by atoms with E-state index in [9.17, 15) is 9.59 Å². The number of amides is 2. The van der Waals surface area contributed by atoms with Gasteiger partial charge in [-0.3, -0.25) is 14.5 Å². The van der Waals surface area contributed by atoms with E-state index in [0.717, 1.165) is 18.4 Å². The summed E-state index contributed by atoms with van der Waals surface area (Å²) < 4.78 is 0. The van der Waals surface area contributed by atoms with Crippen molar-refractivity contribution in [3.8, 4) is 0 Å². The molecule has 3 nitrogen and oxygen atoms in total. The summed E-state index contributed by atoms with van der Waals surface area (Å²) in [6, 6.07) is 7.47. The van der Waals surface area contributed by atoms with Crippen molar-refractivity contribution in [3.63, 3.8) is 0 Å². The van der Waals surface area contributed by atoms with Crippen LogP contribution in [0.1, 0.15) is 36.2 Å². The maximum Gasteiger partial charge on any atom is 0.260 e. The van der Waals surface area contributed by atoms with Crippen LogP contribution in [0.4, 0.5) is 0 Å². The average Bonchev–Trinajstić information content (AvgIpc) is 2.52. The molecule has 0 N–H and O–H groups in total. The van der Waals surface area contributed by atoms with E-state index >= 15 is 0 Å². The van der Waals surface area contributed by atoms with Crippen LogP contribution in [0.5, 0.6) is 0 Å². The summed E-state index contributed by atoms with van der Waals surface area (Å²) in [5, 5.41) is 0. The highest BCUT2D eigenvalue weighted by molar-refractivity contribution is 6.01. The van der Waals surface area contributed by atoms with E-state index in [1.54, 1.807) is 6.07 Å². The zero-order valence-corrected chi connectivity index (χ0v) is 9.77. The molecule has 0 saturated carbocycles. The quantitative estimate of drug-likeness (QED) is 0.679. The summed E-state index contributed by atoms with van der Waals surface area (Å²) in [7, 11) is 0. The third kappa shape index (κ3) is 2.48. The number of imide groups is 1. The first-order valence-electron chi connectivity index (χ1n) is 5.67. The van der Waals surface area contributed by atoms with Crippen molar-refractivity contribution in [2.75, 3.05) is 6.54 Å². The molecular formula is C13H17NO2. The Kier molecular flexibility index (Phi) is 4.70. The van der Waals surface area contributed by atoms with E-state index in [4.69, 9.17) is 0 Å². The molecule has 0 aromatic heterocycles. The van der Waals surface area contributed by atoms with Gasteiger partial charge in [-0.15, -0.1) is 0 Å². The second kappa shape index (κ2) is 6.05. The Bertz CT molecular complexity index is 374. The molecule has 2 rings (SSSR count). The number of hydrogen-bond donors (Lipinski definition) is 0. The lowest BCUT2D eigenvalue weighted by Crippen LogP contribution is -2.29. The van der Waals surface area contributed by atoms with Gasteiger partial charge in [-0.05, 0) is 24.5 Å². The van der Waals surface area contributed by atoms with Crippen LogP contribution in [0, 0.1) is 0 Å². The first kappa shape index (κ1) is 12.4. The molecule has 0 atom stereocenters. The molecule has 0 saturated heterocycles. The largest absolute Gasteiger partial charge is 0.281 e. The van der Waals surface area contributed by atoms with E-state index in [1.165, 1.54) is 4.90 Å². The van der Waals surface area contributed by atoms with E-state index in [2.05, 4.69) is 0 Å². The summed E-state index contributed by atoms with van der Waals surface area (Å²) in [5.74, 6) is -0.173. The predicted molar refractivity (Wildman–Crippen MR) is 63.2 cm³/mol. The van der Waals surface area contributed by atoms with E-state index in [1.807, 2.05) is 32.0 Å². The van der Waals surface area contributed by atoms with Crippen molar-refractivity contribution in [2.45, 2.75) is 26.7 Å². The third-order valence-electron chi connectivity index (χ3n) is 2.48. The Balaban J connectivity index is 0.000000606. The molecule has 0 unspecified atom stereocenters. The first-order chi connectivity index (χ1) is 7.83. The molecular weight excluding hydrogens is 202 g/mol. The zero-order chi connectivity index (χ0) is 12.0. The molecule has 3 heteroatoms. The van der Waals surface area contributed by atoms with Crippen molar-refractivity contribution < 1.29 is 9.59 Å². The van der Waals surface area contributed by atoms with Crippen molar-refractivity contribution >= 4 is 12.3 Å². The number of carbonyl (C=O) groups is 2. The molecule has 16 heavy (non-hydrogen) atoms. The second-order valence-corrected chi connectivity index (χ2v) is 3.36. The molecule has 0 aliphatic carbocycles. The summed E-state index contributed by atoms with van der Waals surface area (Å²) in [6.07, 6.45) is 2.33. The predicted octanol–water partition coefficient (Wildman–Crippen LogP) is 2.26.